The molecule has 1 aliphatic carbocycles. The molecule has 2 rings (SSSR count). The van der Waals surface area contributed by atoms with Gasteiger partial charge in [0, 0.05) is 22.3 Å². The third kappa shape index (κ3) is 3.04. The molecule has 1 saturated carbocycles. The van der Waals surface area contributed by atoms with E-state index in [-0.39, 0.29) is 0 Å². The zero-order chi connectivity index (χ0) is 13.2. The quantitative estimate of drug-likeness (QED) is 0.774. The Labute approximate surface area is 122 Å². The molecule has 0 heterocycles. The van der Waals surface area contributed by atoms with Crippen LogP contribution in [0, 0.1) is 5.41 Å². The third-order valence-corrected chi connectivity index (χ3v) is 4.52. The van der Waals surface area contributed by atoms with Gasteiger partial charge < -0.3 is 11.1 Å². The molecule has 0 aliphatic heterocycles. The fourth-order valence-electron chi connectivity index (χ4n) is 2.43. The molecule has 1 aliphatic rings. The number of benzene rings is 1. The van der Waals surface area contributed by atoms with Crippen molar-refractivity contribution < 1.29 is 0 Å². The summed E-state index contributed by atoms with van der Waals surface area (Å²) in [6, 6.07) is 6.02. The predicted octanol–water partition coefficient (Wildman–Crippen LogP) is 4.08. The van der Waals surface area contributed by atoms with Crippen LogP contribution in [-0.4, -0.2) is 11.5 Å². The summed E-state index contributed by atoms with van der Waals surface area (Å²) in [6.45, 7) is 3.27. The second-order valence-electron chi connectivity index (χ2n) is 5.13. The average molecular weight is 327 g/mol. The third-order valence-electron chi connectivity index (χ3n) is 3.65. The summed E-state index contributed by atoms with van der Waals surface area (Å²) in [4.78, 5) is 0.435. The Morgan fingerprint density at radius 1 is 1.50 bits per heavy atom. The van der Waals surface area contributed by atoms with Crippen LogP contribution < -0.4 is 11.1 Å². The van der Waals surface area contributed by atoms with Crippen molar-refractivity contribution in [1.82, 2.24) is 0 Å². The number of nitrogens with one attached hydrogen (secondary N) is 1. The molecule has 3 N–H and O–H groups in total. The van der Waals surface area contributed by atoms with Gasteiger partial charge >= 0.3 is 0 Å². The van der Waals surface area contributed by atoms with E-state index < -0.39 is 0 Å². The number of hydrogen-bond acceptors (Lipinski definition) is 2. The molecule has 0 aromatic heterocycles. The van der Waals surface area contributed by atoms with Gasteiger partial charge in [0.1, 0.15) is 4.99 Å². The molecule has 4 heteroatoms. The Morgan fingerprint density at radius 3 is 2.78 bits per heavy atom. The summed E-state index contributed by atoms with van der Waals surface area (Å²) >= 11 is 8.63. The van der Waals surface area contributed by atoms with Gasteiger partial charge in [-0.25, -0.2) is 0 Å². The van der Waals surface area contributed by atoms with Gasteiger partial charge in [0.05, 0.1) is 0 Å². The summed E-state index contributed by atoms with van der Waals surface area (Å²) in [5, 5.41) is 3.53. The summed E-state index contributed by atoms with van der Waals surface area (Å²) < 4.78 is 0.959. The lowest BCUT2D eigenvalue weighted by Gasteiger charge is -2.18. The minimum atomic E-state index is 0.435. The van der Waals surface area contributed by atoms with Gasteiger partial charge in [-0.15, -0.1) is 0 Å². The van der Waals surface area contributed by atoms with Crippen LogP contribution >= 0.6 is 28.1 Å². The summed E-state index contributed by atoms with van der Waals surface area (Å²) in [5.41, 5.74) is 8.27. The molecule has 0 unspecified atom stereocenters. The van der Waals surface area contributed by atoms with Gasteiger partial charge in [-0.05, 0) is 52.7 Å². The van der Waals surface area contributed by atoms with Crippen LogP contribution in [0.25, 0.3) is 0 Å². The fourth-order valence-corrected chi connectivity index (χ4v) is 3.36. The van der Waals surface area contributed by atoms with Crippen molar-refractivity contribution in [1.29, 1.82) is 0 Å². The van der Waals surface area contributed by atoms with Crippen molar-refractivity contribution in [3.05, 3.63) is 28.2 Å². The maximum atomic E-state index is 5.79. The Balaban J connectivity index is 2.10. The second kappa shape index (κ2) is 5.57. The van der Waals surface area contributed by atoms with Crippen molar-refractivity contribution in [3.8, 4) is 0 Å². The van der Waals surface area contributed by atoms with E-state index in [1.807, 2.05) is 18.2 Å². The second-order valence-corrected chi connectivity index (χ2v) is 6.42. The molecule has 0 radical (unpaired) electrons. The van der Waals surface area contributed by atoms with E-state index in [1.165, 1.54) is 25.7 Å². The van der Waals surface area contributed by atoms with Crippen LogP contribution in [-0.2, 0) is 0 Å². The van der Waals surface area contributed by atoms with Gasteiger partial charge in [0.15, 0.2) is 0 Å². The Bertz CT molecular complexity index is 455. The van der Waals surface area contributed by atoms with Crippen molar-refractivity contribution >= 4 is 38.8 Å². The molecule has 1 fully saturated rings. The molecular weight excluding hydrogens is 308 g/mol. The predicted molar refractivity (Wildman–Crippen MR) is 85.1 cm³/mol. The minimum Gasteiger partial charge on any atom is -0.389 e. The Kier molecular flexibility index (Phi) is 4.28. The van der Waals surface area contributed by atoms with Gasteiger partial charge in [-0.1, -0.05) is 31.6 Å². The largest absolute Gasteiger partial charge is 0.389 e. The standard InChI is InChI=1S/C14H19BrN2S/c1-2-6-14(7-8-14)9-17-11-5-3-4-10(15)12(11)13(16)18/h3-5,17H,2,6-9H2,1H3,(H2,16,18). The average Bonchev–Trinajstić information content (AvgIpc) is 3.07. The normalized spacial score (nSPS) is 16.3. The lowest BCUT2D eigenvalue weighted by molar-refractivity contribution is 0.485. The molecule has 18 heavy (non-hydrogen) atoms. The molecule has 0 saturated heterocycles. The molecule has 0 amide bonds. The Morgan fingerprint density at radius 2 is 2.22 bits per heavy atom. The summed E-state index contributed by atoms with van der Waals surface area (Å²) in [5.74, 6) is 0. The Hall–Kier alpha value is -0.610. The minimum absolute atomic E-state index is 0.435. The molecular formula is C14H19BrN2S. The zero-order valence-electron chi connectivity index (χ0n) is 10.6. The van der Waals surface area contributed by atoms with E-state index in [2.05, 4.69) is 28.2 Å². The van der Waals surface area contributed by atoms with Crippen molar-refractivity contribution in [2.24, 2.45) is 11.1 Å². The van der Waals surface area contributed by atoms with Crippen LogP contribution in [0.2, 0.25) is 0 Å². The van der Waals surface area contributed by atoms with Gasteiger partial charge in [0.2, 0.25) is 0 Å². The topological polar surface area (TPSA) is 38.0 Å². The number of anilines is 1. The van der Waals surface area contributed by atoms with Crippen molar-refractivity contribution in [3.63, 3.8) is 0 Å². The highest BCUT2D eigenvalue weighted by Gasteiger charge is 2.41. The van der Waals surface area contributed by atoms with Crippen LogP contribution in [0.5, 0.6) is 0 Å². The number of nitrogens with two attached hydrogens (primary N) is 1. The molecule has 1 aromatic rings. The highest BCUT2D eigenvalue weighted by Crippen LogP contribution is 2.49. The van der Waals surface area contributed by atoms with Crippen molar-refractivity contribution in [2.45, 2.75) is 32.6 Å². The van der Waals surface area contributed by atoms with Gasteiger partial charge in [-0.2, -0.15) is 0 Å². The fraction of sp³-hybridized carbons (Fsp3) is 0.500. The smallest absolute Gasteiger partial charge is 0.107 e. The lowest BCUT2D eigenvalue weighted by Crippen LogP contribution is -2.19. The van der Waals surface area contributed by atoms with E-state index in [0.717, 1.165) is 22.3 Å². The molecule has 0 atom stereocenters. The first kappa shape index (κ1) is 13.8. The van der Waals surface area contributed by atoms with Crippen LogP contribution in [0.3, 0.4) is 0 Å². The number of thiocarbonyl (C=S) groups is 1. The number of halogens is 1. The van der Waals surface area contributed by atoms with Gasteiger partial charge in [0.25, 0.3) is 0 Å². The highest BCUT2D eigenvalue weighted by molar-refractivity contribution is 9.10. The van der Waals surface area contributed by atoms with E-state index in [0.29, 0.717) is 10.4 Å². The van der Waals surface area contributed by atoms with E-state index in [4.69, 9.17) is 18.0 Å². The maximum Gasteiger partial charge on any atom is 0.107 e. The number of hydrogen-bond donors (Lipinski definition) is 2. The molecule has 2 nitrogen and oxygen atoms in total. The van der Waals surface area contributed by atoms with E-state index >= 15 is 0 Å². The van der Waals surface area contributed by atoms with Crippen LogP contribution in [0.15, 0.2) is 22.7 Å². The summed E-state index contributed by atoms with van der Waals surface area (Å²) in [6.07, 6.45) is 5.23. The maximum absolute atomic E-state index is 5.79. The molecule has 98 valence electrons. The first-order chi connectivity index (χ1) is 8.58. The van der Waals surface area contributed by atoms with Crippen LogP contribution in [0.1, 0.15) is 38.2 Å². The first-order valence-corrected chi connectivity index (χ1v) is 7.60. The zero-order valence-corrected chi connectivity index (χ0v) is 13.0. The molecule has 1 aromatic carbocycles. The molecule has 0 spiro atoms. The first-order valence-electron chi connectivity index (χ1n) is 6.40. The van der Waals surface area contributed by atoms with Crippen LogP contribution in [0.4, 0.5) is 5.69 Å². The lowest BCUT2D eigenvalue weighted by atomic mass is 10.0. The van der Waals surface area contributed by atoms with Gasteiger partial charge in [-0.3, -0.25) is 0 Å². The number of rotatable bonds is 6. The molecule has 0 bridgehead atoms. The van der Waals surface area contributed by atoms with Crippen molar-refractivity contribution in [2.75, 3.05) is 11.9 Å². The van der Waals surface area contributed by atoms with E-state index in [1.54, 1.807) is 0 Å². The SMILES string of the molecule is CCCC1(CNc2cccc(Br)c2C(N)=S)CC1. The highest BCUT2D eigenvalue weighted by atomic mass is 79.9. The monoisotopic (exact) mass is 326 g/mol. The summed E-state index contributed by atoms with van der Waals surface area (Å²) in [7, 11) is 0. The van der Waals surface area contributed by atoms with E-state index in [9.17, 15) is 0 Å².